The Morgan fingerprint density at radius 3 is 2.00 bits per heavy atom. The summed E-state index contributed by atoms with van der Waals surface area (Å²) in [5.74, 6) is 0. The average Bonchev–Trinajstić information content (AvgIpc) is 2.44. The summed E-state index contributed by atoms with van der Waals surface area (Å²) in [7, 11) is 6.81. The van der Waals surface area contributed by atoms with Gasteiger partial charge in [0, 0.05) is 5.69 Å². The molecule has 0 fully saturated rings. The van der Waals surface area contributed by atoms with Crippen LogP contribution in [0.15, 0.2) is 24.3 Å². The highest BCUT2D eigenvalue weighted by Gasteiger charge is 2.04. The second kappa shape index (κ2) is 11.9. The van der Waals surface area contributed by atoms with Gasteiger partial charge in [0.1, 0.15) is 6.09 Å². The molecule has 0 spiro atoms. The third-order valence-corrected chi connectivity index (χ3v) is 3.48. The Bertz CT molecular complexity index is 422. The molecule has 4 nitrogen and oxygen atoms in total. The van der Waals surface area contributed by atoms with Gasteiger partial charge in [-0.05, 0) is 31.9 Å². The van der Waals surface area contributed by atoms with Crippen LogP contribution in [-0.4, -0.2) is 38.3 Å². The van der Waals surface area contributed by atoms with Crippen LogP contribution in [0.2, 0.25) is 0 Å². The number of unbranched alkanes of at least 4 members (excludes halogenated alkanes) is 5. The highest BCUT2D eigenvalue weighted by atomic mass is 16.4. The number of carbonyl (C=O) groups excluding carboxylic acids is 1. The summed E-state index contributed by atoms with van der Waals surface area (Å²) in [6.07, 6.45) is 7.19. The summed E-state index contributed by atoms with van der Waals surface area (Å²) >= 11 is 0. The van der Waals surface area contributed by atoms with Gasteiger partial charge in [-0.3, -0.25) is 0 Å². The predicted molar refractivity (Wildman–Crippen MR) is 96.5 cm³/mol. The molecule has 0 unspecified atom stereocenters. The van der Waals surface area contributed by atoms with Crippen LogP contribution in [0.1, 0.15) is 51.0 Å². The molecule has 1 N–H and O–H groups in total. The van der Waals surface area contributed by atoms with E-state index in [9.17, 15) is 9.90 Å². The highest BCUT2D eigenvalue weighted by molar-refractivity contribution is 5.80. The van der Waals surface area contributed by atoms with Crippen LogP contribution >= 0.6 is 0 Å². The van der Waals surface area contributed by atoms with E-state index >= 15 is 0 Å². The number of aryl methyl sites for hydroxylation is 1. The van der Waals surface area contributed by atoms with E-state index in [-0.39, 0.29) is 0 Å². The fraction of sp³-hybridized carbons (Fsp3) is 0.632. The fourth-order valence-electron chi connectivity index (χ4n) is 2.12. The van der Waals surface area contributed by atoms with Crippen LogP contribution in [0.25, 0.3) is 0 Å². The van der Waals surface area contributed by atoms with Gasteiger partial charge in [0.15, 0.2) is 0 Å². The highest BCUT2D eigenvalue weighted by Crippen LogP contribution is 2.07. The number of nitrogens with one attached hydrogen (secondary N) is 1. The SMILES string of the molecule is CCCCCCCC[N+](C)(C)C.Cc1ccc(NC(=O)[O-])cc1. The molecule has 0 aliphatic carbocycles. The first kappa shape index (κ1) is 21.4. The second-order valence-corrected chi connectivity index (χ2v) is 7.06. The number of carbonyl (C=O) groups is 1. The van der Waals surface area contributed by atoms with E-state index in [1.807, 2.05) is 19.1 Å². The molecular formula is C19H34N2O2. The largest absolute Gasteiger partial charge is 0.530 e. The van der Waals surface area contributed by atoms with Gasteiger partial charge in [0.2, 0.25) is 0 Å². The lowest BCUT2D eigenvalue weighted by Crippen LogP contribution is -2.35. The summed E-state index contributed by atoms with van der Waals surface area (Å²) in [6.45, 7) is 5.53. The smallest absolute Gasteiger partial charge is 0.138 e. The molecule has 0 heterocycles. The van der Waals surface area contributed by atoms with Crippen molar-refractivity contribution in [1.29, 1.82) is 0 Å². The number of amides is 1. The van der Waals surface area contributed by atoms with Gasteiger partial charge >= 0.3 is 0 Å². The average molecular weight is 322 g/mol. The number of benzene rings is 1. The molecule has 0 radical (unpaired) electrons. The molecule has 1 rings (SSSR count). The third kappa shape index (κ3) is 15.1. The number of hydrogen-bond donors (Lipinski definition) is 1. The topological polar surface area (TPSA) is 52.2 Å². The number of rotatable bonds is 8. The number of nitrogens with zero attached hydrogens (tertiary/aromatic N) is 1. The number of quaternary nitrogens is 1. The maximum Gasteiger partial charge on any atom is 0.138 e. The fourth-order valence-corrected chi connectivity index (χ4v) is 2.12. The van der Waals surface area contributed by atoms with Crippen LogP contribution in [-0.2, 0) is 0 Å². The van der Waals surface area contributed by atoms with Gasteiger partial charge in [-0.15, -0.1) is 0 Å². The van der Waals surface area contributed by atoms with Gasteiger partial charge in [-0.2, -0.15) is 0 Å². The molecule has 0 bridgehead atoms. The molecule has 0 atom stereocenters. The van der Waals surface area contributed by atoms with E-state index in [1.165, 1.54) is 45.1 Å². The summed E-state index contributed by atoms with van der Waals surface area (Å²) in [4.78, 5) is 10.0. The molecule has 0 aliphatic rings. The van der Waals surface area contributed by atoms with E-state index in [1.54, 1.807) is 12.1 Å². The standard InChI is InChI=1S/C11H26N.C8H9NO2/c1-5-6-7-8-9-10-11-12(2,3)4;1-6-2-4-7(5-3-6)9-8(10)11/h5-11H2,1-4H3;2-5,9H,1H3,(H,10,11)/q+1;/p-1. The minimum Gasteiger partial charge on any atom is -0.530 e. The van der Waals surface area contributed by atoms with Crippen molar-refractivity contribution in [3.05, 3.63) is 29.8 Å². The van der Waals surface area contributed by atoms with Crippen LogP contribution in [0.5, 0.6) is 0 Å². The van der Waals surface area contributed by atoms with Crippen LogP contribution in [0.4, 0.5) is 10.5 Å². The predicted octanol–water partition coefficient (Wildman–Crippen LogP) is 3.80. The molecule has 1 aromatic carbocycles. The molecule has 1 aromatic rings. The van der Waals surface area contributed by atoms with Crippen molar-refractivity contribution < 1.29 is 14.4 Å². The van der Waals surface area contributed by atoms with Gasteiger partial charge < -0.3 is 19.7 Å². The molecule has 0 saturated heterocycles. The van der Waals surface area contributed by atoms with Gasteiger partial charge in [-0.25, -0.2) is 0 Å². The van der Waals surface area contributed by atoms with Crippen molar-refractivity contribution in [3.63, 3.8) is 0 Å². The van der Waals surface area contributed by atoms with Crippen molar-refractivity contribution in [3.8, 4) is 0 Å². The zero-order chi connectivity index (χ0) is 17.7. The van der Waals surface area contributed by atoms with Crippen LogP contribution in [0, 0.1) is 6.92 Å². The number of hydrogen-bond acceptors (Lipinski definition) is 2. The Hall–Kier alpha value is -1.55. The summed E-state index contributed by atoms with van der Waals surface area (Å²) in [5.41, 5.74) is 1.63. The van der Waals surface area contributed by atoms with Crippen LogP contribution in [0.3, 0.4) is 0 Å². The van der Waals surface area contributed by atoms with E-state index in [0.717, 1.165) is 10.0 Å². The van der Waals surface area contributed by atoms with E-state index < -0.39 is 6.09 Å². The first-order chi connectivity index (χ1) is 10.7. The molecule has 1 amide bonds. The molecule has 0 saturated carbocycles. The number of carboxylic acid groups (broad SMARTS) is 1. The van der Waals surface area contributed by atoms with Gasteiger partial charge in [0.05, 0.1) is 27.7 Å². The van der Waals surface area contributed by atoms with Gasteiger partial charge in [0.25, 0.3) is 0 Å². The lowest BCUT2D eigenvalue weighted by Gasteiger charge is -2.23. The molecule has 0 aromatic heterocycles. The van der Waals surface area contributed by atoms with Crippen LogP contribution < -0.4 is 10.4 Å². The Labute approximate surface area is 142 Å². The zero-order valence-corrected chi connectivity index (χ0v) is 15.5. The summed E-state index contributed by atoms with van der Waals surface area (Å²) in [6, 6.07) is 7.02. The lowest BCUT2D eigenvalue weighted by atomic mass is 10.1. The maximum absolute atomic E-state index is 10.0. The zero-order valence-electron chi connectivity index (χ0n) is 15.5. The monoisotopic (exact) mass is 322 g/mol. The first-order valence-electron chi connectivity index (χ1n) is 8.59. The van der Waals surface area contributed by atoms with E-state index in [0.29, 0.717) is 5.69 Å². The van der Waals surface area contributed by atoms with Crippen molar-refractivity contribution in [2.24, 2.45) is 0 Å². The maximum atomic E-state index is 10.0. The van der Waals surface area contributed by atoms with Crippen molar-refractivity contribution in [2.45, 2.75) is 52.4 Å². The third-order valence-electron chi connectivity index (χ3n) is 3.48. The second-order valence-electron chi connectivity index (χ2n) is 7.06. The van der Waals surface area contributed by atoms with E-state index in [2.05, 4.69) is 33.4 Å². The normalized spacial score (nSPS) is 10.7. The molecule has 23 heavy (non-hydrogen) atoms. The minimum absolute atomic E-state index is 0.538. The lowest BCUT2D eigenvalue weighted by molar-refractivity contribution is -0.870. The Kier molecular flexibility index (Phi) is 11.1. The Morgan fingerprint density at radius 2 is 1.52 bits per heavy atom. The summed E-state index contributed by atoms with van der Waals surface area (Å²) in [5, 5.41) is 12.2. The minimum atomic E-state index is -1.28. The first-order valence-corrected chi connectivity index (χ1v) is 8.59. The number of anilines is 1. The molecular weight excluding hydrogens is 288 g/mol. The Balaban J connectivity index is 0.000000422. The van der Waals surface area contributed by atoms with Crippen molar-refractivity contribution >= 4 is 11.8 Å². The quantitative estimate of drug-likeness (QED) is 0.584. The molecule has 4 heteroatoms. The van der Waals surface area contributed by atoms with Gasteiger partial charge in [-0.1, -0.05) is 50.3 Å². The van der Waals surface area contributed by atoms with Crippen molar-refractivity contribution in [2.75, 3.05) is 33.0 Å². The molecule has 0 aliphatic heterocycles. The summed E-state index contributed by atoms with van der Waals surface area (Å²) < 4.78 is 1.12. The molecule has 132 valence electrons. The Morgan fingerprint density at radius 1 is 1.00 bits per heavy atom. The van der Waals surface area contributed by atoms with Crippen molar-refractivity contribution in [1.82, 2.24) is 0 Å². The van der Waals surface area contributed by atoms with E-state index in [4.69, 9.17) is 0 Å².